The third kappa shape index (κ3) is 1.87. The fraction of sp³-hybridized carbons (Fsp3) is 0.364. The van der Waals surface area contributed by atoms with Crippen LogP contribution in [0.1, 0.15) is 28.8 Å². The highest BCUT2D eigenvalue weighted by Crippen LogP contribution is 2.21. The summed E-state index contributed by atoms with van der Waals surface area (Å²) in [6, 6.07) is 5.26. The maximum absolute atomic E-state index is 11.6. The molecule has 1 aromatic carbocycles. The van der Waals surface area contributed by atoms with Crippen molar-refractivity contribution >= 4 is 5.91 Å². The van der Waals surface area contributed by atoms with Gasteiger partial charge in [0.1, 0.15) is 5.75 Å². The van der Waals surface area contributed by atoms with Crippen LogP contribution in [0, 0.1) is 6.92 Å². The Labute approximate surface area is 82.8 Å². The molecule has 1 fully saturated rings. The van der Waals surface area contributed by atoms with Crippen LogP contribution < -0.4 is 5.32 Å². The first-order valence-corrected chi connectivity index (χ1v) is 4.77. The lowest BCUT2D eigenvalue weighted by Crippen LogP contribution is -2.25. The van der Waals surface area contributed by atoms with Crippen LogP contribution in [0.4, 0.5) is 0 Å². The summed E-state index contributed by atoms with van der Waals surface area (Å²) in [5, 5.41) is 12.2. The van der Waals surface area contributed by atoms with Gasteiger partial charge in [-0.15, -0.1) is 0 Å². The van der Waals surface area contributed by atoms with Crippen molar-refractivity contribution in [3.8, 4) is 5.75 Å². The molecule has 2 rings (SSSR count). The van der Waals surface area contributed by atoms with Crippen LogP contribution in [-0.4, -0.2) is 17.1 Å². The number of benzene rings is 1. The number of hydrogen-bond acceptors (Lipinski definition) is 2. The summed E-state index contributed by atoms with van der Waals surface area (Å²) in [7, 11) is 0. The predicted octanol–water partition coefficient (Wildman–Crippen LogP) is 1.59. The van der Waals surface area contributed by atoms with E-state index in [-0.39, 0.29) is 11.7 Å². The predicted molar refractivity (Wildman–Crippen MR) is 53.3 cm³/mol. The number of aryl methyl sites for hydroxylation is 1. The van der Waals surface area contributed by atoms with Crippen molar-refractivity contribution in [2.45, 2.75) is 25.8 Å². The van der Waals surface area contributed by atoms with Gasteiger partial charge in [0.05, 0.1) is 0 Å². The molecule has 1 aliphatic rings. The molecule has 0 radical (unpaired) electrons. The largest absolute Gasteiger partial charge is 0.508 e. The van der Waals surface area contributed by atoms with Crippen molar-refractivity contribution in [1.82, 2.24) is 5.32 Å². The van der Waals surface area contributed by atoms with E-state index in [1.54, 1.807) is 25.1 Å². The Morgan fingerprint density at radius 1 is 1.50 bits per heavy atom. The number of nitrogens with one attached hydrogen (secondary N) is 1. The van der Waals surface area contributed by atoms with Gasteiger partial charge in [-0.3, -0.25) is 4.79 Å². The SMILES string of the molecule is Cc1cc(C(=O)NC2CC2)ccc1O. The molecular formula is C11H13NO2. The summed E-state index contributed by atoms with van der Waals surface area (Å²) in [6.45, 7) is 1.78. The highest BCUT2D eigenvalue weighted by molar-refractivity contribution is 5.94. The van der Waals surface area contributed by atoms with Crippen molar-refractivity contribution < 1.29 is 9.90 Å². The maximum atomic E-state index is 11.6. The molecule has 14 heavy (non-hydrogen) atoms. The fourth-order valence-corrected chi connectivity index (χ4v) is 1.29. The van der Waals surface area contributed by atoms with Crippen LogP contribution in [0.5, 0.6) is 5.75 Å². The minimum Gasteiger partial charge on any atom is -0.508 e. The van der Waals surface area contributed by atoms with Crippen LogP contribution in [0.15, 0.2) is 18.2 Å². The molecule has 0 aromatic heterocycles. The molecule has 3 nitrogen and oxygen atoms in total. The Morgan fingerprint density at radius 3 is 2.79 bits per heavy atom. The molecule has 1 saturated carbocycles. The van der Waals surface area contributed by atoms with Gasteiger partial charge in [-0.25, -0.2) is 0 Å². The quantitative estimate of drug-likeness (QED) is 0.745. The zero-order chi connectivity index (χ0) is 10.1. The van der Waals surface area contributed by atoms with E-state index in [0.717, 1.165) is 18.4 Å². The Bertz CT molecular complexity index is 370. The third-order valence-electron chi connectivity index (χ3n) is 2.37. The van der Waals surface area contributed by atoms with Crippen molar-refractivity contribution in [2.75, 3.05) is 0 Å². The Hall–Kier alpha value is -1.51. The molecule has 1 aliphatic carbocycles. The summed E-state index contributed by atoms with van der Waals surface area (Å²) in [5.41, 5.74) is 1.35. The molecular weight excluding hydrogens is 178 g/mol. The molecule has 0 heterocycles. The smallest absolute Gasteiger partial charge is 0.251 e. The van der Waals surface area contributed by atoms with Gasteiger partial charge in [-0.05, 0) is 43.5 Å². The summed E-state index contributed by atoms with van der Waals surface area (Å²) in [4.78, 5) is 11.6. The molecule has 0 saturated heterocycles. The van der Waals surface area contributed by atoms with Crippen LogP contribution in [0.2, 0.25) is 0 Å². The normalized spacial score (nSPS) is 15.2. The molecule has 1 aromatic rings. The van der Waals surface area contributed by atoms with Gasteiger partial charge in [-0.1, -0.05) is 0 Å². The van der Waals surface area contributed by atoms with Crippen LogP contribution >= 0.6 is 0 Å². The summed E-state index contributed by atoms with van der Waals surface area (Å²) in [5.74, 6) is 0.184. The van der Waals surface area contributed by atoms with Gasteiger partial charge in [0.15, 0.2) is 0 Å². The molecule has 2 N–H and O–H groups in total. The van der Waals surface area contributed by atoms with Crippen molar-refractivity contribution in [2.24, 2.45) is 0 Å². The average molecular weight is 191 g/mol. The van der Waals surface area contributed by atoms with Gasteiger partial charge in [-0.2, -0.15) is 0 Å². The molecule has 74 valence electrons. The fourth-order valence-electron chi connectivity index (χ4n) is 1.29. The van der Waals surface area contributed by atoms with Crippen molar-refractivity contribution in [3.05, 3.63) is 29.3 Å². The lowest BCUT2D eigenvalue weighted by molar-refractivity contribution is 0.0951. The van der Waals surface area contributed by atoms with Crippen LogP contribution in [-0.2, 0) is 0 Å². The highest BCUT2D eigenvalue weighted by Gasteiger charge is 2.23. The molecule has 0 aliphatic heterocycles. The second-order valence-electron chi connectivity index (χ2n) is 3.75. The summed E-state index contributed by atoms with van der Waals surface area (Å²) in [6.07, 6.45) is 2.17. The van der Waals surface area contributed by atoms with E-state index in [1.165, 1.54) is 0 Å². The second kappa shape index (κ2) is 3.33. The number of phenols is 1. The Kier molecular flexibility index (Phi) is 2.15. The molecule has 1 amide bonds. The highest BCUT2D eigenvalue weighted by atomic mass is 16.3. The molecule has 0 atom stereocenters. The standard InChI is InChI=1S/C11H13NO2/c1-7-6-8(2-5-10(7)13)11(14)12-9-3-4-9/h2,5-6,9,13H,3-4H2,1H3,(H,12,14). The first-order valence-electron chi connectivity index (χ1n) is 4.77. The van der Waals surface area contributed by atoms with E-state index >= 15 is 0 Å². The zero-order valence-corrected chi connectivity index (χ0v) is 8.08. The lowest BCUT2D eigenvalue weighted by Gasteiger charge is -2.04. The monoisotopic (exact) mass is 191 g/mol. The van der Waals surface area contributed by atoms with E-state index in [9.17, 15) is 9.90 Å². The van der Waals surface area contributed by atoms with E-state index in [2.05, 4.69) is 5.32 Å². The van der Waals surface area contributed by atoms with Crippen LogP contribution in [0.3, 0.4) is 0 Å². The summed E-state index contributed by atoms with van der Waals surface area (Å²) < 4.78 is 0. The van der Waals surface area contributed by atoms with Crippen molar-refractivity contribution in [3.63, 3.8) is 0 Å². The van der Waals surface area contributed by atoms with Crippen molar-refractivity contribution in [1.29, 1.82) is 0 Å². The average Bonchev–Trinajstić information content (AvgIpc) is 2.93. The number of amides is 1. The zero-order valence-electron chi connectivity index (χ0n) is 8.08. The molecule has 0 spiro atoms. The Morgan fingerprint density at radius 2 is 2.21 bits per heavy atom. The van der Waals surface area contributed by atoms with E-state index in [0.29, 0.717) is 11.6 Å². The van der Waals surface area contributed by atoms with Gasteiger partial charge in [0.2, 0.25) is 0 Å². The summed E-state index contributed by atoms with van der Waals surface area (Å²) >= 11 is 0. The van der Waals surface area contributed by atoms with Gasteiger partial charge < -0.3 is 10.4 Å². The minimum atomic E-state index is -0.0457. The maximum Gasteiger partial charge on any atom is 0.251 e. The number of carbonyl (C=O) groups excluding carboxylic acids is 1. The minimum absolute atomic E-state index is 0.0457. The van der Waals surface area contributed by atoms with Gasteiger partial charge in [0, 0.05) is 11.6 Å². The van der Waals surface area contributed by atoms with Gasteiger partial charge >= 0.3 is 0 Å². The first kappa shape index (κ1) is 9.06. The number of rotatable bonds is 2. The van der Waals surface area contributed by atoms with Crippen LogP contribution in [0.25, 0.3) is 0 Å². The topological polar surface area (TPSA) is 49.3 Å². The molecule has 0 bridgehead atoms. The second-order valence-corrected chi connectivity index (χ2v) is 3.75. The van der Waals surface area contributed by atoms with Gasteiger partial charge in [0.25, 0.3) is 5.91 Å². The Balaban J connectivity index is 2.14. The number of hydrogen-bond donors (Lipinski definition) is 2. The first-order chi connectivity index (χ1) is 6.66. The molecule has 0 unspecified atom stereocenters. The number of aromatic hydroxyl groups is 1. The van der Waals surface area contributed by atoms with E-state index in [4.69, 9.17) is 0 Å². The third-order valence-corrected chi connectivity index (χ3v) is 2.37. The lowest BCUT2D eigenvalue weighted by atomic mass is 10.1. The van der Waals surface area contributed by atoms with E-state index in [1.807, 2.05) is 0 Å². The molecule has 3 heteroatoms. The van der Waals surface area contributed by atoms with E-state index < -0.39 is 0 Å². The number of carbonyl (C=O) groups is 1. The number of phenolic OH excluding ortho intramolecular Hbond substituents is 1.